The average Bonchev–Trinajstić information content (AvgIpc) is 2.76. The first kappa shape index (κ1) is 28.0. The monoisotopic (exact) mass is 411 g/mol. The van der Waals surface area contributed by atoms with E-state index in [1.165, 1.54) is 17.7 Å². The van der Waals surface area contributed by atoms with Crippen LogP contribution in [0.4, 0.5) is 0 Å². The van der Waals surface area contributed by atoms with Crippen LogP contribution in [0.3, 0.4) is 0 Å². The first-order valence-corrected chi connectivity index (χ1v) is 8.54. The van der Waals surface area contributed by atoms with Crippen LogP contribution >= 0.6 is 0 Å². The lowest BCUT2D eigenvalue weighted by atomic mass is 10.2. The predicted octanol–water partition coefficient (Wildman–Crippen LogP) is 3.87. The Morgan fingerprint density at radius 3 is 2.10 bits per heavy atom. The molecule has 7 heteroatoms. The lowest BCUT2D eigenvalue weighted by molar-refractivity contribution is -0.144. The Bertz CT molecular complexity index is 816. The van der Waals surface area contributed by atoms with Crippen molar-refractivity contribution in [1.82, 2.24) is 0 Å². The second-order valence-electron chi connectivity index (χ2n) is 4.99. The number of carbonyl (C=O) groups is 3. The zero-order valence-corrected chi connectivity index (χ0v) is 16.9. The lowest BCUT2D eigenvalue weighted by Gasteiger charge is -1.98. The number of hydrogen-bond donors (Lipinski definition) is 1. The summed E-state index contributed by atoms with van der Waals surface area (Å²) in [5.41, 5.74) is 0.785. The van der Waals surface area contributed by atoms with Crippen molar-refractivity contribution in [2.45, 2.75) is 6.92 Å². The molecule has 7 nitrogen and oxygen atoms in total. The minimum atomic E-state index is -1.35. The largest absolute Gasteiger partial charge is 0.477 e. The van der Waals surface area contributed by atoms with Crippen molar-refractivity contribution >= 4 is 24.0 Å². The van der Waals surface area contributed by atoms with Gasteiger partial charge in [0.25, 0.3) is 0 Å². The third-order valence-electron chi connectivity index (χ3n) is 2.77. The standard InChI is InChI=1S/C9H9NO2.C8H8.C6H8O4/c1-3-7-12-9(11)8(2)5-4-6-10;1-2-8-6-4-3-5-7-8;1-3-10-6(9)4(2)5(7)8/h3-5H,1-2,7H2;2-7H,1H2;2-3H2,1H3,(H,7,8). The first-order valence-electron chi connectivity index (χ1n) is 8.54. The predicted molar refractivity (Wildman–Crippen MR) is 115 cm³/mol. The van der Waals surface area contributed by atoms with Crippen LogP contribution < -0.4 is 0 Å². The highest BCUT2D eigenvalue weighted by atomic mass is 16.5. The van der Waals surface area contributed by atoms with Gasteiger partial charge in [-0.1, -0.05) is 68.8 Å². The number of carboxylic acid groups (broad SMARTS) is 1. The van der Waals surface area contributed by atoms with Crippen LogP contribution in [0.15, 0.2) is 86.0 Å². The van der Waals surface area contributed by atoms with E-state index in [1.807, 2.05) is 36.4 Å². The molecule has 0 radical (unpaired) electrons. The molecule has 0 aliphatic carbocycles. The maximum atomic E-state index is 10.9. The zero-order chi connectivity index (χ0) is 23.4. The number of esters is 2. The molecule has 0 bridgehead atoms. The van der Waals surface area contributed by atoms with Gasteiger partial charge in [0.15, 0.2) is 0 Å². The Morgan fingerprint density at radius 1 is 1.10 bits per heavy atom. The number of carboxylic acids is 1. The van der Waals surface area contributed by atoms with Gasteiger partial charge in [-0.25, -0.2) is 14.4 Å². The van der Waals surface area contributed by atoms with Gasteiger partial charge in [0.1, 0.15) is 12.2 Å². The summed E-state index contributed by atoms with van der Waals surface area (Å²) in [5.74, 6) is -2.77. The maximum Gasteiger partial charge on any atom is 0.344 e. The summed E-state index contributed by atoms with van der Waals surface area (Å²) in [5, 5.41) is 16.3. The summed E-state index contributed by atoms with van der Waals surface area (Å²) in [4.78, 5) is 31.4. The molecule has 0 heterocycles. The Kier molecular flexibility index (Phi) is 17.0. The van der Waals surface area contributed by atoms with E-state index in [1.54, 1.807) is 13.0 Å². The SMILES string of the molecule is C=C(C(=O)O)C(=O)OCC.C=CCOC(=O)C(=C)C=CC#N.C=Cc1ccccc1. The summed E-state index contributed by atoms with van der Waals surface area (Å²) in [6.07, 6.45) is 5.75. The van der Waals surface area contributed by atoms with E-state index in [-0.39, 0.29) is 18.8 Å². The Labute approximate surface area is 176 Å². The van der Waals surface area contributed by atoms with Gasteiger partial charge in [-0.2, -0.15) is 5.26 Å². The molecule has 0 fully saturated rings. The molecule has 0 saturated carbocycles. The van der Waals surface area contributed by atoms with Crippen molar-refractivity contribution < 1.29 is 29.0 Å². The van der Waals surface area contributed by atoms with Crippen molar-refractivity contribution in [3.8, 4) is 6.07 Å². The van der Waals surface area contributed by atoms with Crippen molar-refractivity contribution in [3.05, 3.63) is 91.6 Å². The Hall–Kier alpha value is -4.18. The topological polar surface area (TPSA) is 114 Å². The van der Waals surface area contributed by atoms with Gasteiger partial charge in [-0.05, 0) is 18.6 Å². The minimum Gasteiger partial charge on any atom is -0.477 e. The fourth-order valence-corrected chi connectivity index (χ4v) is 1.33. The molecule has 0 amide bonds. The van der Waals surface area contributed by atoms with Crippen LogP contribution in [0, 0.1) is 11.3 Å². The third-order valence-corrected chi connectivity index (χ3v) is 2.77. The third kappa shape index (κ3) is 14.9. The number of nitriles is 1. The molecule has 1 N–H and O–H groups in total. The summed E-state index contributed by atoms with van der Waals surface area (Å²) in [6, 6.07) is 11.8. The van der Waals surface area contributed by atoms with Crippen LogP contribution in [0.5, 0.6) is 0 Å². The van der Waals surface area contributed by atoms with Crippen LogP contribution in [-0.4, -0.2) is 36.2 Å². The van der Waals surface area contributed by atoms with E-state index >= 15 is 0 Å². The van der Waals surface area contributed by atoms with Gasteiger partial charge in [0, 0.05) is 6.08 Å². The molecule has 0 aromatic heterocycles. The Morgan fingerprint density at radius 2 is 1.70 bits per heavy atom. The van der Waals surface area contributed by atoms with E-state index in [0.717, 1.165) is 6.08 Å². The van der Waals surface area contributed by atoms with Crippen LogP contribution in [-0.2, 0) is 23.9 Å². The molecule has 0 spiro atoms. The fourth-order valence-electron chi connectivity index (χ4n) is 1.33. The molecular weight excluding hydrogens is 386 g/mol. The molecule has 0 aliphatic heterocycles. The number of allylic oxidation sites excluding steroid dienone is 1. The van der Waals surface area contributed by atoms with E-state index in [4.69, 9.17) is 10.4 Å². The molecule has 30 heavy (non-hydrogen) atoms. The fraction of sp³-hybridized carbons (Fsp3) is 0.130. The normalized spacial score (nSPS) is 8.67. The van der Waals surface area contributed by atoms with E-state index in [2.05, 4.69) is 35.8 Å². The maximum absolute atomic E-state index is 10.9. The van der Waals surface area contributed by atoms with Gasteiger partial charge in [-0.3, -0.25) is 0 Å². The summed E-state index contributed by atoms with van der Waals surface area (Å²) in [6.45, 7) is 15.3. The van der Waals surface area contributed by atoms with Crippen molar-refractivity contribution in [2.24, 2.45) is 0 Å². The zero-order valence-electron chi connectivity index (χ0n) is 16.9. The highest BCUT2D eigenvalue weighted by Gasteiger charge is 2.14. The van der Waals surface area contributed by atoms with Gasteiger partial charge in [0.2, 0.25) is 0 Å². The molecular formula is C23H25NO6. The minimum absolute atomic E-state index is 0.151. The van der Waals surface area contributed by atoms with Gasteiger partial charge < -0.3 is 14.6 Å². The van der Waals surface area contributed by atoms with Crippen molar-refractivity contribution in [2.75, 3.05) is 13.2 Å². The summed E-state index contributed by atoms with van der Waals surface area (Å²) < 4.78 is 8.98. The highest BCUT2D eigenvalue weighted by molar-refractivity contribution is 6.12. The molecule has 0 saturated heterocycles. The summed E-state index contributed by atoms with van der Waals surface area (Å²) in [7, 11) is 0. The van der Waals surface area contributed by atoms with Crippen LogP contribution in [0.2, 0.25) is 0 Å². The van der Waals surface area contributed by atoms with Gasteiger partial charge >= 0.3 is 17.9 Å². The van der Waals surface area contributed by atoms with Crippen LogP contribution in [0.25, 0.3) is 6.08 Å². The molecule has 1 aromatic rings. The molecule has 0 aliphatic rings. The number of aliphatic carboxylic acids is 1. The molecule has 158 valence electrons. The van der Waals surface area contributed by atoms with Gasteiger partial charge in [-0.15, -0.1) is 0 Å². The molecule has 1 rings (SSSR count). The average molecular weight is 411 g/mol. The van der Waals surface area contributed by atoms with Gasteiger partial charge in [0.05, 0.1) is 18.2 Å². The van der Waals surface area contributed by atoms with E-state index < -0.39 is 23.5 Å². The number of rotatable bonds is 8. The Balaban J connectivity index is 0. The molecule has 0 atom stereocenters. The second-order valence-corrected chi connectivity index (χ2v) is 4.99. The number of hydrogen-bond acceptors (Lipinski definition) is 6. The quantitative estimate of drug-likeness (QED) is 0.131. The number of ether oxygens (including phenoxy) is 2. The van der Waals surface area contributed by atoms with Crippen molar-refractivity contribution in [1.29, 1.82) is 5.26 Å². The molecule has 1 aromatic carbocycles. The highest BCUT2D eigenvalue weighted by Crippen LogP contribution is 1.98. The number of nitrogens with zero attached hydrogens (tertiary/aromatic N) is 1. The second kappa shape index (κ2) is 18.2. The molecule has 0 unspecified atom stereocenters. The first-order chi connectivity index (χ1) is 14.2. The van der Waals surface area contributed by atoms with E-state index in [0.29, 0.717) is 0 Å². The number of benzene rings is 1. The number of carbonyl (C=O) groups excluding carboxylic acids is 2. The summed E-state index contributed by atoms with van der Waals surface area (Å²) >= 11 is 0. The lowest BCUT2D eigenvalue weighted by Crippen LogP contribution is -2.13. The van der Waals surface area contributed by atoms with E-state index in [9.17, 15) is 14.4 Å². The van der Waals surface area contributed by atoms with Crippen molar-refractivity contribution in [3.63, 3.8) is 0 Å². The smallest absolute Gasteiger partial charge is 0.344 e. The van der Waals surface area contributed by atoms with Crippen LogP contribution in [0.1, 0.15) is 12.5 Å².